The lowest BCUT2D eigenvalue weighted by Crippen LogP contribution is -2.44. The summed E-state index contributed by atoms with van der Waals surface area (Å²) in [6, 6.07) is 11.0. The normalized spacial score (nSPS) is 15.9. The van der Waals surface area contributed by atoms with Crippen LogP contribution in [-0.2, 0) is 6.54 Å². The van der Waals surface area contributed by atoms with E-state index < -0.39 is 11.6 Å². The minimum Gasteiger partial charge on any atom is -0.399 e. The molecule has 0 spiro atoms. The molecular formula is C19H21F2N3O. The van der Waals surface area contributed by atoms with E-state index in [0.29, 0.717) is 17.8 Å². The van der Waals surface area contributed by atoms with Gasteiger partial charge in [-0.15, -0.1) is 0 Å². The maximum atomic E-state index is 13.3. The van der Waals surface area contributed by atoms with Gasteiger partial charge in [0.1, 0.15) is 0 Å². The minimum atomic E-state index is -0.826. The molecule has 25 heavy (non-hydrogen) atoms. The molecule has 0 unspecified atom stereocenters. The van der Waals surface area contributed by atoms with Gasteiger partial charge in [0.2, 0.25) is 0 Å². The molecule has 4 nitrogen and oxygen atoms in total. The lowest BCUT2D eigenvalue weighted by Gasteiger charge is -2.32. The van der Waals surface area contributed by atoms with Crippen molar-refractivity contribution in [3.63, 3.8) is 0 Å². The van der Waals surface area contributed by atoms with E-state index in [1.54, 1.807) is 30.3 Å². The van der Waals surface area contributed by atoms with Crippen molar-refractivity contribution >= 4 is 11.6 Å². The number of rotatable bonds is 4. The highest BCUT2D eigenvalue weighted by Gasteiger charge is 2.21. The standard InChI is InChI=1S/C19H21F2N3O/c20-17-6-1-13(11-18(17)21)12-24-9-7-16(8-10-24)23-19(25)14-2-4-15(22)5-3-14/h1-6,11,16H,7-10,12,22H2,(H,23,25). The molecule has 1 fully saturated rings. The number of amides is 1. The Morgan fingerprint density at radius 2 is 1.76 bits per heavy atom. The molecule has 0 atom stereocenters. The third-order valence-electron chi connectivity index (χ3n) is 4.49. The number of nitrogen functional groups attached to an aromatic ring is 1. The molecule has 2 aromatic rings. The molecule has 3 rings (SSSR count). The number of likely N-dealkylation sites (tertiary alicyclic amines) is 1. The molecular weight excluding hydrogens is 324 g/mol. The van der Waals surface area contributed by atoms with Gasteiger partial charge in [0.05, 0.1) is 0 Å². The van der Waals surface area contributed by atoms with Crippen molar-refractivity contribution in [2.75, 3.05) is 18.8 Å². The molecule has 0 bridgehead atoms. The molecule has 1 heterocycles. The molecule has 6 heteroatoms. The number of anilines is 1. The van der Waals surface area contributed by atoms with E-state index in [1.165, 1.54) is 6.07 Å². The van der Waals surface area contributed by atoms with Crippen molar-refractivity contribution in [1.29, 1.82) is 0 Å². The smallest absolute Gasteiger partial charge is 0.251 e. The zero-order chi connectivity index (χ0) is 17.8. The summed E-state index contributed by atoms with van der Waals surface area (Å²) < 4.78 is 26.3. The number of benzene rings is 2. The number of carbonyl (C=O) groups excluding carboxylic acids is 1. The largest absolute Gasteiger partial charge is 0.399 e. The van der Waals surface area contributed by atoms with Crippen LogP contribution < -0.4 is 11.1 Å². The first-order valence-corrected chi connectivity index (χ1v) is 8.34. The average molecular weight is 345 g/mol. The Morgan fingerprint density at radius 3 is 2.40 bits per heavy atom. The molecule has 0 radical (unpaired) electrons. The molecule has 132 valence electrons. The van der Waals surface area contributed by atoms with Crippen LogP contribution in [0.15, 0.2) is 42.5 Å². The second kappa shape index (κ2) is 7.61. The SMILES string of the molecule is Nc1ccc(C(=O)NC2CCN(Cc3ccc(F)c(F)c3)CC2)cc1. The van der Waals surface area contributed by atoms with Gasteiger partial charge in [-0.2, -0.15) is 0 Å². The molecule has 1 amide bonds. The molecule has 3 N–H and O–H groups in total. The number of nitrogens with one attached hydrogen (secondary N) is 1. The molecule has 0 saturated carbocycles. The van der Waals surface area contributed by atoms with Gasteiger partial charge in [-0.05, 0) is 54.8 Å². The van der Waals surface area contributed by atoms with E-state index in [-0.39, 0.29) is 11.9 Å². The first-order chi connectivity index (χ1) is 12.0. The fourth-order valence-electron chi connectivity index (χ4n) is 3.03. The van der Waals surface area contributed by atoms with Gasteiger partial charge in [0.25, 0.3) is 5.91 Å². The van der Waals surface area contributed by atoms with Gasteiger partial charge in [0, 0.05) is 36.9 Å². The Hall–Kier alpha value is -2.47. The molecule has 0 aromatic heterocycles. The van der Waals surface area contributed by atoms with E-state index >= 15 is 0 Å². The van der Waals surface area contributed by atoms with Crippen LogP contribution in [0.4, 0.5) is 14.5 Å². The topological polar surface area (TPSA) is 58.4 Å². The highest BCUT2D eigenvalue weighted by molar-refractivity contribution is 5.94. The van der Waals surface area contributed by atoms with E-state index in [9.17, 15) is 13.6 Å². The predicted octanol–water partition coefficient (Wildman–Crippen LogP) is 2.94. The third-order valence-corrected chi connectivity index (χ3v) is 4.49. The highest BCUT2D eigenvalue weighted by Crippen LogP contribution is 2.16. The summed E-state index contributed by atoms with van der Waals surface area (Å²) >= 11 is 0. The monoisotopic (exact) mass is 345 g/mol. The lowest BCUT2D eigenvalue weighted by atomic mass is 10.0. The minimum absolute atomic E-state index is 0.0981. The van der Waals surface area contributed by atoms with Gasteiger partial charge < -0.3 is 11.1 Å². The van der Waals surface area contributed by atoms with Gasteiger partial charge in [-0.1, -0.05) is 6.07 Å². The average Bonchev–Trinajstić information content (AvgIpc) is 2.60. The van der Waals surface area contributed by atoms with E-state index in [0.717, 1.165) is 37.6 Å². The summed E-state index contributed by atoms with van der Waals surface area (Å²) in [6.07, 6.45) is 1.65. The summed E-state index contributed by atoms with van der Waals surface area (Å²) in [5, 5.41) is 3.04. The number of hydrogen-bond donors (Lipinski definition) is 2. The van der Waals surface area contributed by atoms with Crippen LogP contribution >= 0.6 is 0 Å². The van der Waals surface area contributed by atoms with Gasteiger partial charge >= 0.3 is 0 Å². The quantitative estimate of drug-likeness (QED) is 0.838. The van der Waals surface area contributed by atoms with Gasteiger partial charge in [-0.25, -0.2) is 8.78 Å². The lowest BCUT2D eigenvalue weighted by molar-refractivity contribution is 0.0909. The number of nitrogens with two attached hydrogens (primary N) is 1. The van der Waals surface area contributed by atoms with Gasteiger partial charge in [0.15, 0.2) is 11.6 Å². The zero-order valence-corrected chi connectivity index (χ0v) is 13.8. The van der Waals surface area contributed by atoms with Crippen LogP contribution in [0.3, 0.4) is 0 Å². The molecule has 2 aromatic carbocycles. The maximum absolute atomic E-state index is 13.3. The van der Waals surface area contributed by atoms with Crippen molar-refractivity contribution in [2.45, 2.75) is 25.4 Å². The first-order valence-electron chi connectivity index (χ1n) is 8.34. The maximum Gasteiger partial charge on any atom is 0.251 e. The Balaban J connectivity index is 1.49. The van der Waals surface area contributed by atoms with Crippen molar-refractivity contribution < 1.29 is 13.6 Å². The van der Waals surface area contributed by atoms with E-state index in [1.807, 2.05) is 0 Å². The van der Waals surface area contributed by atoms with Crippen molar-refractivity contribution in [1.82, 2.24) is 10.2 Å². The molecule has 1 aliphatic rings. The second-order valence-electron chi connectivity index (χ2n) is 6.39. The predicted molar refractivity (Wildman–Crippen MR) is 93.0 cm³/mol. The van der Waals surface area contributed by atoms with Crippen molar-refractivity contribution in [2.24, 2.45) is 0 Å². The van der Waals surface area contributed by atoms with E-state index in [2.05, 4.69) is 10.2 Å². The summed E-state index contributed by atoms with van der Waals surface area (Å²) in [4.78, 5) is 14.4. The summed E-state index contributed by atoms with van der Waals surface area (Å²) in [5.74, 6) is -1.74. The number of carbonyl (C=O) groups is 1. The highest BCUT2D eigenvalue weighted by atomic mass is 19.2. The number of hydrogen-bond acceptors (Lipinski definition) is 3. The van der Waals surface area contributed by atoms with Gasteiger partial charge in [-0.3, -0.25) is 9.69 Å². The Labute approximate surface area is 145 Å². The fraction of sp³-hybridized carbons (Fsp3) is 0.316. The van der Waals surface area contributed by atoms with E-state index in [4.69, 9.17) is 5.73 Å². The zero-order valence-electron chi connectivity index (χ0n) is 13.8. The number of nitrogens with zero attached hydrogens (tertiary/aromatic N) is 1. The molecule has 1 saturated heterocycles. The molecule has 0 aliphatic carbocycles. The third kappa shape index (κ3) is 4.54. The fourth-order valence-corrected chi connectivity index (χ4v) is 3.03. The summed E-state index contributed by atoms with van der Waals surface area (Å²) in [7, 11) is 0. The van der Waals surface area contributed by atoms with Crippen LogP contribution in [0.5, 0.6) is 0 Å². The first kappa shape index (κ1) is 17.4. The van der Waals surface area contributed by atoms with Crippen LogP contribution in [0.1, 0.15) is 28.8 Å². The van der Waals surface area contributed by atoms with Crippen LogP contribution in [-0.4, -0.2) is 29.9 Å². The Kier molecular flexibility index (Phi) is 5.28. The van der Waals surface area contributed by atoms with Crippen molar-refractivity contribution in [3.8, 4) is 0 Å². The van der Waals surface area contributed by atoms with Crippen LogP contribution in [0.25, 0.3) is 0 Å². The second-order valence-corrected chi connectivity index (χ2v) is 6.39. The number of halogens is 2. The Bertz CT molecular complexity index is 741. The van der Waals surface area contributed by atoms with Crippen LogP contribution in [0, 0.1) is 11.6 Å². The molecule has 1 aliphatic heterocycles. The summed E-state index contributed by atoms with van der Waals surface area (Å²) in [6.45, 7) is 2.17. The van der Waals surface area contributed by atoms with Crippen molar-refractivity contribution in [3.05, 3.63) is 65.2 Å². The Morgan fingerprint density at radius 1 is 1.08 bits per heavy atom. The number of piperidine rings is 1. The van der Waals surface area contributed by atoms with Crippen LogP contribution in [0.2, 0.25) is 0 Å². The summed E-state index contributed by atoms with van der Waals surface area (Å²) in [5.41, 5.74) is 7.60.